The minimum absolute atomic E-state index is 0.00969. The number of nitrogens with zero attached hydrogens (tertiary/aromatic N) is 2. The Bertz CT molecular complexity index is 1750. The molecule has 1 aliphatic heterocycles. The zero-order valence-corrected chi connectivity index (χ0v) is 46.9. The van der Waals surface area contributed by atoms with Crippen molar-refractivity contribution in [2.75, 3.05) is 27.8 Å². The lowest BCUT2D eigenvalue weighted by molar-refractivity contribution is -0.150. The van der Waals surface area contributed by atoms with Gasteiger partial charge in [-0.05, 0) is 68.8 Å². The van der Waals surface area contributed by atoms with Crippen LogP contribution in [-0.2, 0) is 38.2 Å². The first kappa shape index (κ1) is 65.6. The van der Waals surface area contributed by atoms with Gasteiger partial charge in [0.25, 0.3) is 0 Å². The van der Waals surface area contributed by atoms with Gasteiger partial charge in [0, 0.05) is 52.1 Å². The van der Waals surface area contributed by atoms with Crippen LogP contribution in [0.15, 0.2) is 54.1 Å². The van der Waals surface area contributed by atoms with Gasteiger partial charge in [0.15, 0.2) is 5.78 Å². The van der Waals surface area contributed by atoms with Gasteiger partial charge in [0.05, 0.1) is 42.7 Å². The fourth-order valence-electron chi connectivity index (χ4n) is 8.89. The molecule has 10 atom stereocenters. The van der Waals surface area contributed by atoms with E-state index in [-0.39, 0.29) is 72.0 Å². The van der Waals surface area contributed by atoms with Crippen molar-refractivity contribution in [3.05, 3.63) is 59.7 Å². The summed E-state index contributed by atoms with van der Waals surface area (Å²) >= 11 is 0. The predicted molar refractivity (Wildman–Crippen MR) is 284 cm³/mol. The van der Waals surface area contributed by atoms with Gasteiger partial charge in [0.1, 0.15) is 12.1 Å². The number of methoxy groups -OCH3 is 2. The van der Waals surface area contributed by atoms with Crippen molar-refractivity contribution in [3.8, 4) is 0 Å². The molecule has 70 heavy (non-hydrogen) atoms. The number of rotatable bonds is 26. The second-order valence-corrected chi connectivity index (χ2v) is 18.7. The lowest BCUT2D eigenvalue weighted by Gasteiger charge is -2.41. The number of allylic oxidation sites excluding steroid dienone is 2. The molecular formula is C57H98N4O9. The maximum absolute atomic E-state index is 14.4. The minimum atomic E-state index is -0.745. The number of Topliss-reactive ketones (excluding diaryl/α,β-unsaturated/α-hetero) is 1. The molecule has 1 aromatic rings. The Balaban J connectivity index is 0.00000762. The molecule has 1 saturated heterocycles. The molecule has 0 saturated carbocycles. The van der Waals surface area contributed by atoms with E-state index in [4.69, 9.17) is 14.2 Å². The SMILES string of the molecule is CC.CC.CC.CCC(C)C(C(CC(=O)N1CCCC1C(OC)C(C)C(=O)NC(C)C(OC(=O)CCCCC(=O)c1ccccc1)C1=CCCC=C1)OC)N(C)C(=O)[C@@H](NC(=O)C(C)C(C)C)C(C)C. The van der Waals surface area contributed by atoms with E-state index in [1.165, 1.54) is 0 Å². The molecule has 0 radical (unpaired) electrons. The highest BCUT2D eigenvalue weighted by Gasteiger charge is 2.43. The van der Waals surface area contributed by atoms with Crippen molar-refractivity contribution in [1.82, 2.24) is 20.4 Å². The molecule has 0 spiro atoms. The molecule has 13 heteroatoms. The maximum Gasteiger partial charge on any atom is 0.306 e. The molecule has 2 aliphatic rings. The number of likely N-dealkylation sites (tertiary alicyclic amines) is 1. The monoisotopic (exact) mass is 983 g/mol. The van der Waals surface area contributed by atoms with Crippen LogP contribution in [0, 0.1) is 29.6 Å². The number of ketones is 1. The van der Waals surface area contributed by atoms with Crippen LogP contribution in [0.2, 0.25) is 0 Å². The highest BCUT2D eigenvalue weighted by atomic mass is 16.5. The smallest absolute Gasteiger partial charge is 0.306 e. The minimum Gasteiger partial charge on any atom is -0.455 e. The largest absolute Gasteiger partial charge is 0.455 e. The number of nitrogens with one attached hydrogen (secondary N) is 2. The Kier molecular flexibility index (Phi) is 33.5. The zero-order valence-electron chi connectivity index (χ0n) is 46.9. The van der Waals surface area contributed by atoms with Crippen LogP contribution >= 0.6 is 0 Å². The van der Waals surface area contributed by atoms with E-state index in [0.717, 1.165) is 31.3 Å². The average Bonchev–Trinajstić information content (AvgIpc) is 3.87. The molecule has 13 nitrogen and oxygen atoms in total. The van der Waals surface area contributed by atoms with Gasteiger partial charge in [-0.2, -0.15) is 0 Å². The van der Waals surface area contributed by atoms with Crippen LogP contribution in [0.4, 0.5) is 0 Å². The Labute approximate surface area is 425 Å². The Morgan fingerprint density at radius 1 is 0.771 bits per heavy atom. The van der Waals surface area contributed by atoms with Crippen molar-refractivity contribution in [2.45, 2.75) is 211 Å². The molecule has 9 unspecified atom stereocenters. The third-order valence-electron chi connectivity index (χ3n) is 13.5. The van der Waals surface area contributed by atoms with Crippen LogP contribution in [0.1, 0.15) is 178 Å². The summed E-state index contributed by atoms with van der Waals surface area (Å²) in [6.45, 7) is 29.8. The lowest BCUT2D eigenvalue weighted by Crippen LogP contribution is -2.58. The standard InChI is InChI=1S/C51H80N4O9.3C2H6/c1-13-34(6)46(54(10)51(61)45(33(4)5)53-49(59)35(7)32(2)3)42(62-11)31-43(57)55-30-22-27-40(55)47(63-12)36(8)50(60)52-37(9)48(39-25-18-15-19-26-39)64-44(58)29-21-20-28-41(56)38-23-16-14-17-24-38;3*1-2/h14,16-18,23-26,32-37,40,42,45-48H,13,15,19-22,27-31H2,1-12H3,(H,52,60)(H,53,59);3*1-2H3/t34?,35?,36?,37?,40?,42?,45-,46?,47?,48?;;;/m0.../s1. The zero-order chi connectivity index (χ0) is 53.7. The number of amides is 4. The van der Waals surface area contributed by atoms with Gasteiger partial charge in [-0.15, -0.1) is 0 Å². The molecule has 2 N–H and O–H groups in total. The summed E-state index contributed by atoms with van der Waals surface area (Å²) in [5.74, 6) is -2.22. The Hall–Kier alpha value is -4.36. The summed E-state index contributed by atoms with van der Waals surface area (Å²) in [4.78, 5) is 84.9. The molecule has 1 heterocycles. The van der Waals surface area contributed by atoms with Gasteiger partial charge in [0.2, 0.25) is 23.6 Å². The van der Waals surface area contributed by atoms with Gasteiger partial charge in [-0.1, -0.05) is 152 Å². The van der Waals surface area contributed by atoms with Crippen LogP contribution in [-0.4, -0.2) is 115 Å². The number of esters is 1. The summed E-state index contributed by atoms with van der Waals surface area (Å²) < 4.78 is 18.1. The molecule has 0 aromatic heterocycles. The molecule has 1 aromatic carbocycles. The second-order valence-electron chi connectivity index (χ2n) is 18.7. The van der Waals surface area contributed by atoms with Crippen molar-refractivity contribution in [3.63, 3.8) is 0 Å². The van der Waals surface area contributed by atoms with E-state index >= 15 is 0 Å². The molecule has 4 amide bonds. The van der Waals surface area contributed by atoms with Crippen molar-refractivity contribution in [1.29, 1.82) is 0 Å². The van der Waals surface area contributed by atoms with Crippen molar-refractivity contribution >= 4 is 35.4 Å². The third kappa shape index (κ3) is 20.4. The topological polar surface area (TPSA) is 161 Å². The molecular weight excluding hydrogens is 885 g/mol. The Morgan fingerprint density at radius 3 is 1.90 bits per heavy atom. The highest BCUT2D eigenvalue weighted by molar-refractivity contribution is 5.96. The second kappa shape index (κ2) is 35.7. The van der Waals surface area contributed by atoms with E-state index in [9.17, 15) is 28.8 Å². The number of benzene rings is 1. The van der Waals surface area contributed by atoms with Crippen molar-refractivity contribution in [2.24, 2.45) is 29.6 Å². The third-order valence-corrected chi connectivity index (χ3v) is 13.5. The van der Waals surface area contributed by atoms with Gasteiger partial charge < -0.3 is 34.6 Å². The average molecular weight is 983 g/mol. The molecule has 0 bridgehead atoms. The highest BCUT2D eigenvalue weighted by Crippen LogP contribution is 2.30. The first-order valence-corrected chi connectivity index (χ1v) is 26.7. The number of carbonyl (C=O) groups is 6. The number of hydrogen-bond donors (Lipinski definition) is 2. The van der Waals surface area contributed by atoms with Crippen LogP contribution in [0.25, 0.3) is 0 Å². The van der Waals surface area contributed by atoms with E-state index in [0.29, 0.717) is 37.8 Å². The van der Waals surface area contributed by atoms with E-state index in [2.05, 4.69) is 10.6 Å². The quantitative estimate of drug-likeness (QED) is 0.0523. The van der Waals surface area contributed by atoms with Gasteiger partial charge >= 0.3 is 5.97 Å². The molecule has 3 rings (SSSR count). The van der Waals surface area contributed by atoms with Crippen molar-refractivity contribution < 1.29 is 43.0 Å². The number of carbonyl (C=O) groups excluding carboxylic acids is 6. The van der Waals surface area contributed by atoms with Gasteiger partial charge in [-0.3, -0.25) is 28.8 Å². The fourth-order valence-corrected chi connectivity index (χ4v) is 8.89. The maximum atomic E-state index is 14.4. The molecule has 1 aliphatic carbocycles. The number of unbranched alkanes of at least 4 members (excludes halogenated alkanes) is 1. The lowest BCUT2D eigenvalue weighted by atomic mass is 9.89. The summed E-state index contributed by atoms with van der Waals surface area (Å²) in [5.41, 5.74) is 1.47. The van der Waals surface area contributed by atoms with Gasteiger partial charge in [-0.25, -0.2) is 0 Å². The van der Waals surface area contributed by atoms with Crippen LogP contribution in [0.5, 0.6) is 0 Å². The summed E-state index contributed by atoms with van der Waals surface area (Å²) in [5, 5.41) is 6.11. The van der Waals surface area contributed by atoms with Crippen LogP contribution < -0.4 is 10.6 Å². The number of ether oxygens (including phenoxy) is 3. The molecule has 1 fully saturated rings. The number of hydrogen-bond acceptors (Lipinski definition) is 9. The van der Waals surface area contributed by atoms with E-state index in [1.54, 1.807) is 50.1 Å². The van der Waals surface area contributed by atoms with E-state index in [1.807, 2.05) is 133 Å². The number of likely N-dealkylation sites (N-methyl/N-ethyl adjacent to an activating group) is 1. The first-order chi connectivity index (χ1) is 33.4. The molecule has 400 valence electrons. The summed E-state index contributed by atoms with van der Waals surface area (Å²) in [7, 11) is 4.84. The Morgan fingerprint density at radius 2 is 1.37 bits per heavy atom. The fraction of sp³-hybridized carbons (Fsp3) is 0.719. The predicted octanol–water partition coefficient (Wildman–Crippen LogP) is 10.6. The van der Waals surface area contributed by atoms with Crippen LogP contribution in [0.3, 0.4) is 0 Å². The first-order valence-electron chi connectivity index (χ1n) is 26.7. The normalized spacial score (nSPS) is 18.0. The summed E-state index contributed by atoms with van der Waals surface area (Å²) in [6.07, 6.45) is 9.32. The van der Waals surface area contributed by atoms with E-state index < -0.39 is 48.3 Å². The summed E-state index contributed by atoms with van der Waals surface area (Å²) in [6, 6.07) is 6.94.